The molecule has 20 heavy (non-hydrogen) atoms. The van der Waals surface area contributed by atoms with Crippen molar-refractivity contribution in [2.75, 3.05) is 7.05 Å². The van der Waals surface area contributed by atoms with Gasteiger partial charge in [-0.25, -0.2) is 0 Å². The first kappa shape index (κ1) is 15.3. The van der Waals surface area contributed by atoms with Crippen molar-refractivity contribution in [1.82, 2.24) is 10.1 Å². The quantitative estimate of drug-likeness (QED) is 0.922. The molecule has 0 spiro atoms. The van der Waals surface area contributed by atoms with E-state index < -0.39 is 0 Å². The molecule has 2 aliphatic carbocycles. The van der Waals surface area contributed by atoms with E-state index in [0.29, 0.717) is 18.4 Å². The molecule has 1 aromatic rings. The zero-order valence-electron chi connectivity index (χ0n) is 11.9. The van der Waals surface area contributed by atoms with Gasteiger partial charge in [-0.2, -0.15) is 0 Å². The Morgan fingerprint density at radius 2 is 2.20 bits per heavy atom. The lowest BCUT2D eigenvalue weighted by atomic mass is 9.84. The Labute approximate surface area is 125 Å². The van der Waals surface area contributed by atoms with Crippen molar-refractivity contribution < 1.29 is 9.32 Å². The summed E-state index contributed by atoms with van der Waals surface area (Å²) in [6.45, 7) is 2.35. The summed E-state index contributed by atoms with van der Waals surface area (Å²) in [4.78, 5) is 14.3. The Bertz CT molecular complexity index is 489. The number of aromatic nitrogens is 1. The van der Waals surface area contributed by atoms with E-state index in [9.17, 15) is 4.79 Å². The largest absolute Gasteiger partial charge is 0.361 e. The molecule has 2 bridgehead atoms. The molecular formula is C14H22ClN3O2. The highest BCUT2D eigenvalue weighted by Crippen LogP contribution is 2.48. The van der Waals surface area contributed by atoms with Gasteiger partial charge in [0.15, 0.2) is 0 Å². The number of rotatable bonds is 3. The lowest BCUT2D eigenvalue weighted by molar-refractivity contribution is -0.137. The average Bonchev–Trinajstić information content (AvgIpc) is 3.05. The van der Waals surface area contributed by atoms with Gasteiger partial charge in [-0.3, -0.25) is 4.79 Å². The van der Waals surface area contributed by atoms with E-state index in [0.717, 1.165) is 24.3 Å². The molecule has 1 heterocycles. The highest BCUT2D eigenvalue weighted by molar-refractivity contribution is 5.85. The normalized spacial score (nSPS) is 31.1. The van der Waals surface area contributed by atoms with Crippen LogP contribution in [0.3, 0.4) is 0 Å². The second kappa shape index (κ2) is 5.74. The van der Waals surface area contributed by atoms with Crippen LogP contribution < -0.4 is 5.73 Å². The van der Waals surface area contributed by atoms with Crippen molar-refractivity contribution in [2.45, 2.75) is 38.8 Å². The third-order valence-corrected chi connectivity index (χ3v) is 4.72. The molecule has 0 aliphatic heterocycles. The number of fused-ring (bicyclic) bond motifs is 2. The minimum Gasteiger partial charge on any atom is -0.361 e. The first-order valence-corrected chi connectivity index (χ1v) is 6.99. The molecule has 4 unspecified atom stereocenters. The number of aryl methyl sites for hydroxylation is 1. The topological polar surface area (TPSA) is 72.4 Å². The summed E-state index contributed by atoms with van der Waals surface area (Å²) >= 11 is 0. The Morgan fingerprint density at radius 1 is 1.50 bits per heavy atom. The van der Waals surface area contributed by atoms with Crippen LogP contribution in [0.2, 0.25) is 0 Å². The molecule has 0 saturated heterocycles. The summed E-state index contributed by atoms with van der Waals surface area (Å²) in [6.07, 6.45) is 3.49. The fraction of sp³-hybridized carbons (Fsp3) is 0.714. The molecule has 0 radical (unpaired) electrons. The van der Waals surface area contributed by atoms with Gasteiger partial charge in [0.05, 0.1) is 12.5 Å². The van der Waals surface area contributed by atoms with Gasteiger partial charge in [-0.15, -0.1) is 12.4 Å². The summed E-state index contributed by atoms with van der Waals surface area (Å²) in [6, 6.07) is 1.91. The van der Waals surface area contributed by atoms with Crippen LogP contribution in [0, 0.1) is 24.7 Å². The zero-order valence-corrected chi connectivity index (χ0v) is 12.7. The molecule has 2 aliphatic rings. The van der Waals surface area contributed by atoms with Crippen LogP contribution in [0.1, 0.15) is 30.7 Å². The van der Waals surface area contributed by atoms with Gasteiger partial charge < -0.3 is 15.2 Å². The predicted octanol–water partition coefficient (Wildman–Crippen LogP) is 1.74. The molecule has 3 rings (SSSR count). The van der Waals surface area contributed by atoms with Gasteiger partial charge in [0.2, 0.25) is 5.91 Å². The number of hydrogen-bond acceptors (Lipinski definition) is 4. The molecule has 2 fully saturated rings. The van der Waals surface area contributed by atoms with Crippen LogP contribution in [0.15, 0.2) is 10.6 Å². The first-order chi connectivity index (χ1) is 9.06. The second-order valence-electron chi connectivity index (χ2n) is 6.06. The van der Waals surface area contributed by atoms with E-state index in [2.05, 4.69) is 5.16 Å². The monoisotopic (exact) mass is 299 g/mol. The standard InChI is InChI=1S/C14H21N3O2.ClH/c1-8-5-11(16-19-8)7-17(2)14(18)12-9-3-4-10(6-9)13(12)15;/h5,9-10,12-13H,3-4,6-7,15H2,1-2H3;1H. The third kappa shape index (κ3) is 2.56. The predicted molar refractivity (Wildman–Crippen MR) is 77.3 cm³/mol. The molecule has 1 aromatic heterocycles. The van der Waals surface area contributed by atoms with Crippen molar-refractivity contribution >= 4 is 18.3 Å². The van der Waals surface area contributed by atoms with Crippen molar-refractivity contribution in [2.24, 2.45) is 23.5 Å². The molecular weight excluding hydrogens is 278 g/mol. The summed E-state index contributed by atoms with van der Waals surface area (Å²) in [5.74, 6) is 2.00. The number of amides is 1. The highest BCUT2D eigenvalue weighted by Gasteiger charge is 2.49. The molecule has 0 aromatic carbocycles. The number of carbonyl (C=O) groups excluding carboxylic acids is 1. The number of halogens is 1. The summed E-state index contributed by atoms with van der Waals surface area (Å²) in [5, 5.41) is 3.93. The maximum atomic E-state index is 12.5. The average molecular weight is 300 g/mol. The van der Waals surface area contributed by atoms with Crippen molar-refractivity contribution in [3.63, 3.8) is 0 Å². The minimum atomic E-state index is 0. The van der Waals surface area contributed by atoms with Crippen LogP contribution in [0.5, 0.6) is 0 Å². The Hall–Kier alpha value is -1.07. The van der Waals surface area contributed by atoms with Gasteiger partial charge in [0.1, 0.15) is 11.5 Å². The van der Waals surface area contributed by atoms with Crippen molar-refractivity contribution in [3.05, 3.63) is 17.5 Å². The van der Waals surface area contributed by atoms with Gasteiger partial charge >= 0.3 is 0 Å². The molecule has 2 saturated carbocycles. The van der Waals surface area contributed by atoms with Gasteiger partial charge in [-0.05, 0) is 38.0 Å². The van der Waals surface area contributed by atoms with Gasteiger partial charge in [0, 0.05) is 19.2 Å². The van der Waals surface area contributed by atoms with Crippen LogP contribution in [0.4, 0.5) is 0 Å². The molecule has 4 atom stereocenters. The maximum Gasteiger partial charge on any atom is 0.227 e. The molecule has 2 N–H and O–H groups in total. The smallest absolute Gasteiger partial charge is 0.227 e. The number of hydrogen-bond donors (Lipinski definition) is 1. The summed E-state index contributed by atoms with van der Waals surface area (Å²) in [5.41, 5.74) is 7.02. The lowest BCUT2D eigenvalue weighted by Crippen LogP contribution is -2.45. The van der Waals surface area contributed by atoms with Crippen LogP contribution in [0.25, 0.3) is 0 Å². The van der Waals surface area contributed by atoms with Crippen LogP contribution in [-0.4, -0.2) is 29.1 Å². The van der Waals surface area contributed by atoms with E-state index >= 15 is 0 Å². The highest BCUT2D eigenvalue weighted by atomic mass is 35.5. The van der Waals surface area contributed by atoms with Crippen molar-refractivity contribution in [1.29, 1.82) is 0 Å². The van der Waals surface area contributed by atoms with E-state index in [-0.39, 0.29) is 30.3 Å². The zero-order chi connectivity index (χ0) is 13.6. The molecule has 1 amide bonds. The molecule has 5 nitrogen and oxygen atoms in total. The molecule has 6 heteroatoms. The van der Waals surface area contributed by atoms with E-state index in [1.54, 1.807) is 4.90 Å². The van der Waals surface area contributed by atoms with Gasteiger partial charge in [0.25, 0.3) is 0 Å². The second-order valence-corrected chi connectivity index (χ2v) is 6.06. The fourth-order valence-corrected chi connectivity index (χ4v) is 3.77. The first-order valence-electron chi connectivity index (χ1n) is 6.99. The SMILES string of the molecule is Cc1cc(CN(C)C(=O)C2C3CCC(C3)C2N)no1.Cl. The number of carbonyl (C=O) groups is 1. The van der Waals surface area contributed by atoms with E-state index in [4.69, 9.17) is 10.3 Å². The maximum absolute atomic E-state index is 12.5. The Balaban J connectivity index is 0.00000147. The number of nitrogens with two attached hydrogens (primary N) is 1. The van der Waals surface area contributed by atoms with E-state index in [1.807, 2.05) is 20.0 Å². The number of nitrogens with zero attached hydrogens (tertiary/aromatic N) is 2. The molecule has 112 valence electrons. The van der Waals surface area contributed by atoms with Crippen LogP contribution in [-0.2, 0) is 11.3 Å². The fourth-order valence-electron chi connectivity index (χ4n) is 3.77. The van der Waals surface area contributed by atoms with Crippen molar-refractivity contribution in [3.8, 4) is 0 Å². The van der Waals surface area contributed by atoms with Crippen LogP contribution >= 0.6 is 12.4 Å². The minimum absolute atomic E-state index is 0. The summed E-state index contributed by atoms with van der Waals surface area (Å²) < 4.78 is 5.03. The Kier molecular flexibility index (Phi) is 4.39. The Morgan fingerprint density at radius 3 is 2.75 bits per heavy atom. The lowest BCUT2D eigenvalue weighted by Gasteiger charge is -2.30. The summed E-state index contributed by atoms with van der Waals surface area (Å²) in [7, 11) is 1.82. The van der Waals surface area contributed by atoms with E-state index in [1.165, 1.54) is 6.42 Å². The van der Waals surface area contributed by atoms with Gasteiger partial charge in [-0.1, -0.05) is 5.16 Å². The third-order valence-electron chi connectivity index (χ3n) is 4.72.